The van der Waals surface area contributed by atoms with Gasteiger partial charge in [0.2, 0.25) is 0 Å². The molecule has 4 aromatic rings. The second-order valence-electron chi connectivity index (χ2n) is 9.69. The van der Waals surface area contributed by atoms with E-state index >= 15 is 0 Å². The van der Waals surface area contributed by atoms with E-state index in [4.69, 9.17) is 14.3 Å². The highest BCUT2D eigenvalue weighted by molar-refractivity contribution is 6.11. The van der Waals surface area contributed by atoms with Crippen LogP contribution in [0.25, 0.3) is 16.6 Å². The minimum Gasteiger partial charge on any atom is -0.459 e. The number of fused-ring (bicyclic) bond motifs is 3. The van der Waals surface area contributed by atoms with Crippen LogP contribution < -0.4 is 10.9 Å². The molecule has 0 unspecified atom stereocenters. The molecule has 0 bridgehead atoms. The smallest absolute Gasteiger partial charge is 0.410 e. The number of amides is 2. The number of aromatic amines is 1. The van der Waals surface area contributed by atoms with Crippen molar-refractivity contribution >= 4 is 34.2 Å². The number of likely N-dealkylation sites (tertiary alicyclic amines) is 1. The molecule has 5 rings (SSSR count). The fourth-order valence-electron chi connectivity index (χ4n) is 4.46. The van der Waals surface area contributed by atoms with Crippen LogP contribution >= 0.6 is 0 Å². The lowest BCUT2D eigenvalue weighted by atomic mass is 9.93. The number of piperidine rings is 1. The number of anilines is 1. The molecular formula is C25H27N5O5. The number of rotatable bonds is 3. The van der Waals surface area contributed by atoms with Gasteiger partial charge in [0.05, 0.1) is 28.5 Å². The van der Waals surface area contributed by atoms with Gasteiger partial charge in [0, 0.05) is 25.1 Å². The van der Waals surface area contributed by atoms with Crippen molar-refractivity contribution in [3.05, 3.63) is 64.5 Å². The first-order valence-corrected chi connectivity index (χ1v) is 11.6. The number of nitrogens with zero attached hydrogens (tertiary/aromatic N) is 3. The molecule has 182 valence electrons. The van der Waals surface area contributed by atoms with E-state index in [-0.39, 0.29) is 23.3 Å². The van der Waals surface area contributed by atoms with E-state index in [9.17, 15) is 14.4 Å². The van der Waals surface area contributed by atoms with Gasteiger partial charge in [-0.15, -0.1) is 0 Å². The number of nitrogens with one attached hydrogen (secondary N) is 2. The van der Waals surface area contributed by atoms with Gasteiger partial charge in [-0.05, 0) is 57.9 Å². The molecule has 10 heteroatoms. The fourth-order valence-corrected chi connectivity index (χ4v) is 4.46. The van der Waals surface area contributed by atoms with E-state index in [2.05, 4.69) is 10.3 Å². The number of H-pyrrole nitrogens is 1. The van der Waals surface area contributed by atoms with Gasteiger partial charge in [-0.2, -0.15) is 5.10 Å². The van der Waals surface area contributed by atoms with E-state index < -0.39 is 11.5 Å². The van der Waals surface area contributed by atoms with Gasteiger partial charge in [-0.25, -0.2) is 9.31 Å². The Labute approximate surface area is 200 Å². The first-order valence-electron chi connectivity index (χ1n) is 11.6. The maximum absolute atomic E-state index is 12.7. The summed E-state index contributed by atoms with van der Waals surface area (Å²) in [5.41, 5.74) is 1.63. The zero-order valence-corrected chi connectivity index (χ0v) is 19.8. The van der Waals surface area contributed by atoms with Crippen molar-refractivity contribution in [2.45, 2.75) is 45.1 Å². The molecule has 10 nitrogen and oxygen atoms in total. The van der Waals surface area contributed by atoms with Crippen molar-refractivity contribution in [2.75, 3.05) is 18.4 Å². The number of ether oxygens (including phenoxy) is 1. The molecule has 2 N–H and O–H groups in total. The number of furan rings is 1. The summed E-state index contributed by atoms with van der Waals surface area (Å²) < 4.78 is 12.4. The largest absolute Gasteiger partial charge is 0.459 e. The van der Waals surface area contributed by atoms with Gasteiger partial charge in [-0.3, -0.25) is 9.59 Å². The second-order valence-corrected chi connectivity index (χ2v) is 9.69. The van der Waals surface area contributed by atoms with Gasteiger partial charge >= 0.3 is 6.09 Å². The minimum atomic E-state index is -0.550. The normalized spacial score (nSPS) is 15.0. The number of aromatic nitrogens is 3. The van der Waals surface area contributed by atoms with E-state index in [1.54, 1.807) is 39.7 Å². The van der Waals surface area contributed by atoms with E-state index in [1.807, 2.05) is 26.8 Å². The number of hydrogen-bond acceptors (Lipinski definition) is 6. The Morgan fingerprint density at radius 2 is 1.94 bits per heavy atom. The predicted molar refractivity (Wildman–Crippen MR) is 130 cm³/mol. The van der Waals surface area contributed by atoms with Crippen LogP contribution in [0, 0.1) is 0 Å². The number of benzene rings is 1. The molecule has 1 aromatic carbocycles. The highest BCUT2D eigenvalue weighted by atomic mass is 16.6. The third-order valence-electron chi connectivity index (χ3n) is 6.02. The van der Waals surface area contributed by atoms with E-state index in [0.29, 0.717) is 48.2 Å². The average molecular weight is 478 g/mol. The van der Waals surface area contributed by atoms with Crippen molar-refractivity contribution in [2.24, 2.45) is 0 Å². The standard InChI is InChI=1S/C25H27N5O5/c1-25(2,3)35-24(33)29-11-9-15(10-12-29)18-14-20(31)27-22-21-16(6-4-7-17(21)28-30(18)22)26-23(32)19-8-5-13-34-19/h4-8,13-15H,9-12H2,1-3H3,(H,26,32)(H,27,31). The highest BCUT2D eigenvalue weighted by Crippen LogP contribution is 2.32. The van der Waals surface area contributed by atoms with E-state index in [1.165, 1.54) is 6.26 Å². The number of hydrogen-bond donors (Lipinski definition) is 2. The van der Waals surface area contributed by atoms with Crippen LogP contribution in [0.2, 0.25) is 0 Å². The summed E-state index contributed by atoms with van der Waals surface area (Å²) in [6, 6.07) is 10.2. The van der Waals surface area contributed by atoms with Gasteiger partial charge in [0.25, 0.3) is 11.5 Å². The predicted octanol–water partition coefficient (Wildman–Crippen LogP) is 4.14. The van der Waals surface area contributed by atoms with Crippen molar-refractivity contribution < 1.29 is 18.7 Å². The van der Waals surface area contributed by atoms with E-state index in [0.717, 1.165) is 5.69 Å². The molecule has 3 aromatic heterocycles. The lowest BCUT2D eigenvalue weighted by molar-refractivity contribution is 0.0203. The molecule has 0 atom stereocenters. The molecule has 35 heavy (non-hydrogen) atoms. The molecule has 1 saturated heterocycles. The van der Waals surface area contributed by atoms with Gasteiger partial charge in [0.15, 0.2) is 5.76 Å². The topological polar surface area (TPSA) is 122 Å². The monoisotopic (exact) mass is 477 g/mol. The van der Waals surface area contributed by atoms with Crippen LogP contribution in [0.1, 0.15) is 55.8 Å². The maximum Gasteiger partial charge on any atom is 0.410 e. The zero-order chi connectivity index (χ0) is 24.7. The molecule has 0 spiro atoms. The third-order valence-corrected chi connectivity index (χ3v) is 6.02. The fraction of sp³-hybridized carbons (Fsp3) is 0.360. The van der Waals surface area contributed by atoms with Gasteiger partial charge < -0.3 is 24.4 Å². The quantitative estimate of drug-likeness (QED) is 0.457. The Morgan fingerprint density at radius 1 is 1.17 bits per heavy atom. The lowest BCUT2D eigenvalue weighted by Gasteiger charge is -2.33. The number of carbonyl (C=O) groups is 2. The SMILES string of the molecule is CC(C)(C)OC(=O)N1CCC(c2cc(=O)[nH]c3c4c(NC(=O)c5ccco5)cccc4nn23)CC1. The summed E-state index contributed by atoms with van der Waals surface area (Å²) in [6.45, 7) is 6.59. The van der Waals surface area contributed by atoms with Crippen molar-refractivity contribution in [3.8, 4) is 0 Å². The molecule has 1 aliphatic rings. The van der Waals surface area contributed by atoms with Crippen LogP contribution in [0.3, 0.4) is 0 Å². The summed E-state index contributed by atoms with van der Waals surface area (Å²) in [4.78, 5) is 42.3. The molecule has 0 aliphatic carbocycles. The summed E-state index contributed by atoms with van der Waals surface area (Å²) in [6.07, 6.45) is 2.46. The van der Waals surface area contributed by atoms with Crippen molar-refractivity contribution in [1.82, 2.24) is 19.5 Å². The average Bonchev–Trinajstić information content (AvgIpc) is 3.46. The Kier molecular flexibility index (Phi) is 5.58. The first kappa shape index (κ1) is 22.7. The Hall–Kier alpha value is -4.08. The molecule has 4 heterocycles. The molecule has 1 aliphatic heterocycles. The maximum atomic E-state index is 12.7. The van der Waals surface area contributed by atoms with Gasteiger partial charge in [0.1, 0.15) is 11.2 Å². The first-order chi connectivity index (χ1) is 16.7. The number of carbonyl (C=O) groups excluding carboxylic acids is 2. The van der Waals surface area contributed by atoms with Crippen molar-refractivity contribution in [1.29, 1.82) is 0 Å². The minimum absolute atomic E-state index is 0.0361. The molecule has 0 radical (unpaired) electrons. The third kappa shape index (κ3) is 4.51. The summed E-state index contributed by atoms with van der Waals surface area (Å²) in [7, 11) is 0. The molecular weight excluding hydrogens is 450 g/mol. The van der Waals surface area contributed by atoms with Crippen LogP contribution in [-0.4, -0.2) is 50.2 Å². The Bertz CT molecular complexity index is 1450. The lowest BCUT2D eigenvalue weighted by Crippen LogP contribution is -2.41. The van der Waals surface area contributed by atoms with Crippen LogP contribution in [-0.2, 0) is 4.74 Å². The van der Waals surface area contributed by atoms with Crippen LogP contribution in [0.15, 0.2) is 51.9 Å². The second kappa shape index (κ2) is 8.61. The summed E-state index contributed by atoms with van der Waals surface area (Å²) >= 11 is 0. The molecule has 0 saturated carbocycles. The summed E-state index contributed by atoms with van der Waals surface area (Å²) in [5, 5.41) is 8.22. The Balaban J connectivity index is 1.46. The highest BCUT2D eigenvalue weighted by Gasteiger charge is 2.29. The summed E-state index contributed by atoms with van der Waals surface area (Å²) in [5.74, 6) is -0.173. The van der Waals surface area contributed by atoms with Crippen molar-refractivity contribution in [3.63, 3.8) is 0 Å². The molecule has 1 fully saturated rings. The Morgan fingerprint density at radius 3 is 2.63 bits per heavy atom. The van der Waals surface area contributed by atoms with Crippen LogP contribution in [0.4, 0.5) is 10.5 Å². The molecule has 2 amide bonds. The van der Waals surface area contributed by atoms with Crippen LogP contribution in [0.5, 0.6) is 0 Å². The zero-order valence-electron chi connectivity index (χ0n) is 19.8. The van der Waals surface area contributed by atoms with Gasteiger partial charge in [-0.1, -0.05) is 6.07 Å².